The third-order valence-electron chi connectivity index (χ3n) is 4.19. The monoisotopic (exact) mass is 289 g/mol. The van der Waals surface area contributed by atoms with Gasteiger partial charge in [-0.05, 0) is 37.7 Å². The third-order valence-corrected chi connectivity index (χ3v) is 4.19. The number of carbonyl (C=O) groups excluding carboxylic acids is 1. The molecular formula is C17H23NO3. The van der Waals surface area contributed by atoms with Crippen molar-refractivity contribution in [3.8, 4) is 0 Å². The molecule has 0 saturated heterocycles. The fourth-order valence-corrected chi connectivity index (χ4v) is 2.75. The number of nitrogens with zero attached hydrogens (tertiary/aromatic N) is 1. The maximum absolute atomic E-state index is 12.6. The Morgan fingerprint density at radius 1 is 1.29 bits per heavy atom. The van der Waals surface area contributed by atoms with Gasteiger partial charge in [0.25, 0.3) is 0 Å². The van der Waals surface area contributed by atoms with Crippen molar-refractivity contribution in [2.24, 2.45) is 0 Å². The Labute approximate surface area is 125 Å². The number of carboxylic acid groups (broad SMARTS) is 1. The highest BCUT2D eigenvalue weighted by molar-refractivity contribution is 5.84. The van der Waals surface area contributed by atoms with Gasteiger partial charge in [-0.15, -0.1) is 0 Å². The maximum Gasteiger partial charge on any atom is 0.326 e. The lowest BCUT2D eigenvalue weighted by Crippen LogP contribution is -2.45. The summed E-state index contributed by atoms with van der Waals surface area (Å²) in [6.45, 7) is 3.66. The Balaban J connectivity index is 2.08. The highest BCUT2D eigenvalue weighted by Gasteiger charge is 2.38. The van der Waals surface area contributed by atoms with E-state index in [1.807, 2.05) is 30.3 Å². The molecule has 0 bridgehead atoms. The smallest absolute Gasteiger partial charge is 0.326 e. The van der Waals surface area contributed by atoms with Gasteiger partial charge in [0, 0.05) is 12.5 Å². The second-order valence-corrected chi connectivity index (χ2v) is 5.77. The molecule has 1 amide bonds. The van der Waals surface area contributed by atoms with E-state index in [-0.39, 0.29) is 17.9 Å². The standard InChI is InChI=1S/C17H23NO3/c1-3-13(14-7-5-4-6-8-14)11-16(19)18(15-9-10-15)12(2)17(20)21/h4-8,12-13,15H,3,9-11H2,1-2H3,(H,20,21). The number of aliphatic carboxylic acids is 1. The minimum Gasteiger partial charge on any atom is -0.480 e. The van der Waals surface area contributed by atoms with Crippen molar-refractivity contribution < 1.29 is 14.7 Å². The van der Waals surface area contributed by atoms with E-state index in [9.17, 15) is 14.7 Å². The topological polar surface area (TPSA) is 57.6 Å². The van der Waals surface area contributed by atoms with Crippen LogP contribution in [0.1, 0.15) is 51.0 Å². The van der Waals surface area contributed by atoms with Crippen LogP contribution in [0.15, 0.2) is 30.3 Å². The van der Waals surface area contributed by atoms with Crippen molar-refractivity contribution in [2.75, 3.05) is 0 Å². The summed E-state index contributed by atoms with van der Waals surface area (Å²) in [7, 11) is 0. The molecule has 1 aromatic rings. The molecule has 21 heavy (non-hydrogen) atoms. The Morgan fingerprint density at radius 3 is 2.38 bits per heavy atom. The van der Waals surface area contributed by atoms with Crippen LogP contribution in [-0.4, -0.2) is 34.0 Å². The molecule has 4 heteroatoms. The molecule has 1 N–H and O–H groups in total. The second-order valence-electron chi connectivity index (χ2n) is 5.77. The van der Waals surface area contributed by atoms with Crippen LogP contribution in [0, 0.1) is 0 Å². The summed E-state index contributed by atoms with van der Waals surface area (Å²) in [5, 5.41) is 9.19. The summed E-state index contributed by atoms with van der Waals surface area (Å²) >= 11 is 0. The number of carboxylic acids is 1. The lowest BCUT2D eigenvalue weighted by atomic mass is 9.92. The van der Waals surface area contributed by atoms with Gasteiger partial charge in [-0.25, -0.2) is 4.79 Å². The highest BCUT2D eigenvalue weighted by atomic mass is 16.4. The largest absolute Gasteiger partial charge is 0.480 e. The molecule has 1 saturated carbocycles. The molecule has 0 aromatic heterocycles. The lowest BCUT2D eigenvalue weighted by molar-refractivity contribution is -0.150. The first-order valence-corrected chi connectivity index (χ1v) is 7.63. The molecule has 2 unspecified atom stereocenters. The summed E-state index contributed by atoms with van der Waals surface area (Å²) in [6, 6.07) is 9.35. The second kappa shape index (κ2) is 6.74. The van der Waals surface area contributed by atoms with Crippen LogP contribution in [0.5, 0.6) is 0 Å². The third kappa shape index (κ3) is 3.84. The molecular weight excluding hydrogens is 266 g/mol. The average Bonchev–Trinajstić information content (AvgIpc) is 3.30. The van der Waals surface area contributed by atoms with Gasteiger partial charge in [0.15, 0.2) is 0 Å². The van der Waals surface area contributed by atoms with Crippen LogP contribution in [0.4, 0.5) is 0 Å². The quantitative estimate of drug-likeness (QED) is 0.839. The van der Waals surface area contributed by atoms with Crippen LogP contribution >= 0.6 is 0 Å². The average molecular weight is 289 g/mol. The van der Waals surface area contributed by atoms with Gasteiger partial charge in [0.1, 0.15) is 6.04 Å². The fourth-order valence-electron chi connectivity index (χ4n) is 2.75. The van der Waals surface area contributed by atoms with Gasteiger partial charge >= 0.3 is 5.97 Å². The SMILES string of the molecule is CCC(CC(=O)N(C1CC1)C(C)C(=O)O)c1ccccc1. The summed E-state index contributed by atoms with van der Waals surface area (Å²) in [6.07, 6.45) is 3.10. The Hall–Kier alpha value is -1.84. The molecule has 0 spiro atoms. The van der Waals surface area contributed by atoms with Gasteiger partial charge in [-0.3, -0.25) is 4.79 Å². The summed E-state index contributed by atoms with van der Waals surface area (Å²) < 4.78 is 0. The molecule has 2 rings (SSSR count). The van der Waals surface area contributed by atoms with Crippen molar-refractivity contribution in [3.63, 3.8) is 0 Å². The first-order chi connectivity index (χ1) is 10.0. The van der Waals surface area contributed by atoms with E-state index in [0.29, 0.717) is 6.42 Å². The zero-order valence-corrected chi connectivity index (χ0v) is 12.7. The van der Waals surface area contributed by atoms with Crippen LogP contribution in [0.3, 0.4) is 0 Å². The predicted molar refractivity (Wildman–Crippen MR) is 81.1 cm³/mol. The van der Waals surface area contributed by atoms with Crippen molar-refractivity contribution in [1.82, 2.24) is 4.90 Å². The molecule has 1 aliphatic rings. The summed E-state index contributed by atoms with van der Waals surface area (Å²) in [5.41, 5.74) is 1.15. The minimum atomic E-state index is -0.928. The van der Waals surface area contributed by atoms with Crippen LogP contribution in [0.25, 0.3) is 0 Å². The predicted octanol–water partition coefficient (Wildman–Crippen LogP) is 3.03. The number of benzene rings is 1. The number of carbonyl (C=O) groups is 2. The maximum atomic E-state index is 12.6. The summed E-state index contributed by atoms with van der Waals surface area (Å²) in [4.78, 5) is 25.4. The molecule has 4 nitrogen and oxygen atoms in total. The van der Waals surface area contributed by atoms with Gasteiger partial charge in [-0.2, -0.15) is 0 Å². The molecule has 0 radical (unpaired) electrons. The van der Waals surface area contributed by atoms with Gasteiger partial charge in [0.05, 0.1) is 0 Å². The van der Waals surface area contributed by atoms with Crippen molar-refractivity contribution in [3.05, 3.63) is 35.9 Å². The van der Waals surface area contributed by atoms with Crippen LogP contribution in [0.2, 0.25) is 0 Å². The fraction of sp³-hybridized carbons (Fsp3) is 0.529. The molecule has 0 aliphatic heterocycles. The van der Waals surface area contributed by atoms with Crippen molar-refractivity contribution in [1.29, 1.82) is 0 Å². The first kappa shape index (κ1) is 15.5. The van der Waals surface area contributed by atoms with E-state index >= 15 is 0 Å². The van der Waals surface area contributed by atoms with E-state index in [0.717, 1.165) is 24.8 Å². The lowest BCUT2D eigenvalue weighted by Gasteiger charge is -2.28. The van der Waals surface area contributed by atoms with E-state index in [4.69, 9.17) is 0 Å². The van der Waals surface area contributed by atoms with Gasteiger partial charge in [-0.1, -0.05) is 37.3 Å². The molecule has 114 valence electrons. The van der Waals surface area contributed by atoms with E-state index in [1.54, 1.807) is 11.8 Å². The molecule has 2 atom stereocenters. The highest BCUT2D eigenvalue weighted by Crippen LogP contribution is 2.32. The Bertz CT molecular complexity index is 496. The van der Waals surface area contributed by atoms with Crippen molar-refractivity contribution >= 4 is 11.9 Å². The van der Waals surface area contributed by atoms with Gasteiger partial charge < -0.3 is 10.0 Å². The zero-order chi connectivity index (χ0) is 15.4. The minimum absolute atomic E-state index is 0.0388. The number of hydrogen-bond donors (Lipinski definition) is 1. The van der Waals surface area contributed by atoms with E-state index in [1.165, 1.54) is 0 Å². The molecule has 1 fully saturated rings. The van der Waals surface area contributed by atoms with Crippen LogP contribution < -0.4 is 0 Å². The number of amides is 1. The van der Waals surface area contributed by atoms with Crippen LogP contribution in [-0.2, 0) is 9.59 Å². The van der Waals surface area contributed by atoms with Gasteiger partial charge in [0.2, 0.25) is 5.91 Å². The Morgan fingerprint density at radius 2 is 1.90 bits per heavy atom. The normalized spacial score (nSPS) is 17.0. The van der Waals surface area contributed by atoms with E-state index in [2.05, 4.69) is 6.92 Å². The molecule has 0 heterocycles. The van der Waals surface area contributed by atoms with Crippen molar-refractivity contribution in [2.45, 2.75) is 57.5 Å². The Kier molecular flexibility index (Phi) is 4.99. The number of hydrogen-bond acceptors (Lipinski definition) is 2. The first-order valence-electron chi connectivity index (χ1n) is 7.63. The van der Waals surface area contributed by atoms with E-state index < -0.39 is 12.0 Å². The molecule has 1 aromatic carbocycles. The summed E-state index contributed by atoms with van der Waals surface area (Å²) in [5.74, 6) is -0.813. The molecule has 1 aliphatic carbocycles. The zero-order valence-electron chi connectivity index (χ0n) is 12.7. The number of rotatable bonds is 7.